The van der Waals surface area contributed by atoms with Crippen molar-refractivity contribution in [3.05, 3.63) is 29.3 Å². The number of hydrogen-bond acceptors (Lipinski definition) is 2. The molecule has 1 aromatic carbocycles. The fourth-order valence-electron chi connectivity index (χ4n) is 3.64. The number of hydrogen-bond donors (Lipinski definition) is 2. The van der Waals surface area contributed by atoms with Crippen LogP contribution >= 0.6 is 0 Å². The lowest BCUT2D eigenvalue weighted by molar-refractivity contribution is -0.681. The van der Waals surface area contributed by atoms with Gasteiger partial charge in [0.2, 0.25) is 5.91 Å². The second-order valence-electron chi connectivity index (χ2n) is 7.61. The quantitative estimate of drug-likeness (QED) is 0.818. The maximum atomic E-state index is 12.4. The van der Waals surface area contributed by atoms with Crippen LogP contribution in [0.25, 0.3) is 0 Å². The minimum Gasteiger partial charge on any atom is -0.336 e. The molecule has 0 unspecified atom stereocenters. The van der Waals surface area contributed by atoms with Crippen molar-refractivity contribution in [3.8, 4) is 0 Å². The SMILES string of the molecule is Cc1cccc(C)c1NC(=O)CN(C)C(=O)C[NH2+]C1CCCCCCC1. The summed E-state index contributed by atoms with van der Waals surface area (Å²) in [6.07, 6.45) is 8.91. The van der Waals surface area contributed by atoms with Gasteiger partial charge < -0.3 is 15.5 Å². The van der Waals surface area contributed by atoms with Gasteiger partial charge in [0.1, 0.15) is 0 Å². The van der Waals surface area contributed by atoms with Crippen LogP contribution in [0.1, 0.15) is 56.1 Å². The molecular weight excluding hydrogens is 326 g/mol. The minimum absolute atomic E-state index is 0.0173. The van der Waals surface area contributed by atoms with Crippen molar-refractivity contribution >= 4 is 17.5 Å². The van der Waals surface area contributed by atoms with Crippen LogP contribution in [0.15, 0.2) is 18.2 Å². The number of nitrogens with zero attached hydrogens (tertiary/aromatic N) is 1. The van der Waals surface area contributed by atoms with Gasteiger partial charge in [0.15, 0.2) is 6.54 Å². The van der Waals surface area contributed by atoms with Gasteiger partial charge in [-0.2, -0.15) is 0 Å². The Bertz CT molecular complexity index is 587. The van der Waals surface area contributed by atoms with Crippen LogP contribution in [0.4, 0.5) is 5.69 Å². The molecule has 0 heterocycles. The lowest BCUT2D eigenvalue weighted by Gasteiger charge is -2.21. The summed E-state index contributed by atoms with van der Waals surface area (Å²) in [4.78, 5) is 26.2. The smallest absolute Gasteiger partial charge is 0.277 e. The molecule has 2 rings (SSSR count). The van der Waals surface area contributed by atoms with Gasteiger partial charge in [-0.25, -0.2) is 0 Å². The first kappa shape index (κ1) is 20.4. The van der Waals surface area contributed by atoms with Gasteiger partial charge in [0.25, 0.3) is 5.91 Å². The average Bonchev–Trinajstić information content (AvgIpc) is 2.57. The number of carbonyl (C=O) groups excluding carboxylic acids is 2. The molecule has 0 saturated heterocycles. The summed E-state index contributed by atoms with van der Waals surface area (Å²) in [6, 6.07) is 6.47. The number of nitrogens with one attached hydrogen (secondary N) is 1. The molecule has 0 spiro atoms. The molecule has 0 atom stereocenters. The highest BCUT2D eigenvalue weighted by atomic mass is 16.2. The summed E-state index contributed by atoms with van der Waals surface area (Å²) in [5, 5.41) is 5.12. The van der Waals surface area contributed by atoms with E-state index in [4.69, 9.17) is 0 Å². The topological polar surface area (TPSA) is 66.0 Å². The van der Waals surface area contributed by atoms with Gasteiger partial charge in [-0.15, -0.1) is 0 Å². The molecule has 1 aliphatic rings. The molecular formula is C21H34N3O2+. The van der Waals surface area contributed by atoms with Crippen LogP contribution < -0.4 is 10.6 Å². The Kier molecular flexibility index (Phi) is 8.10. The van der Waals surface area contributed by atoms with E-state index in [0.717, 1.165) is 16.8 Å². The third kappa shape index (κ3) is 6.45. The summed E-state index contributed by atoms with van der Waals surface area (Å²) in [6.45, 7) is 4.46. The van der Waals surface area contributed by atoms with Gasteiger partial charge in [0.05, 0.1) is 12.6 Å². The molecule has 144 valence electrons. The molecule has 26 heavy (non-hydrogen) atoms. The van der Waals surface area contributed by atoms with Gasteiger partial charge in [-0.05, 0) is 50.7 Å². The Hall–Kier alpha value is -1.88. The fourth-order valence-corrected chi connectivity index (χ4v) is 3.64. The Balaban J connectivity index is 1.77. The first-order valence-electron chi connectivity index (χ1n) is 9.90. The van der Waals surface area contributed by atoms with E-state index < -0.39 is 0 Å². The Morgan fingerprint density at radius 2 is 1.65 bits per heavy atom. The highest BCUT2D eigenvalue weighted by Crippen LogP contribution is 2.19. The van der Waals surface area contributed by atoms with Gasteiger partial charge in [-0.1, -0.05) is 37.5 Å². The fraction of sp³-hybridized carbons (Fsp3) is 0.619. The Morgan fingerprint density at radius 3 is 2.27 bits per heavy atom. The number of rotatable bonds is 6. The molecule has 0 radical (unpaired) electrons. The zero-order valence-corrected chi connectivity index (χ0v) is 16.5. The van der Waals surface area contributed by atoms with E-state index in [2.05, 4.69) is 10.6 Å². The number of quaternary nitrogens is 1. The number of aryl methyl sites for hydroxylation is 2. The van der Waals surface area contributed by atoms with Crippen molar-refractivity contribution in [3.63, 3.8) is 0 Å². The molecule has 0 aromatic heterocycles. The zero-order chi connectivity index (χ0) is 18.9. The van der Waals surface area contributed by atoms with Crippen molar-refractivity contribution in [1.82, 2.24) is 4.90 Å². The van der Waals surface area contributed by atoms with Crippen LogP contribution in [-0.4, -0.2) is 42.9 Å². The number of benzene rings is 1. The number of carbonyl (C=O) groups is 2. The molecule has 5 heteroatoms. The molecule has 1 fully saturated rings. The maximum absolute atomic E-state index is 12.4. The van der Waals surface area contributed by atoms with Crippen molar-refractivity contribution in [2.24, 2.45) is 0 Å². The van der Waals surface area contributed by atoms with Crippen LogP contribution in [0.3, 0.4) is 0 Å². The van der Waals surface area contributed by atoms with E-state index in [9.17, 15) is 9.59 Å². The summed E-state index contributed by atoms with van der Waals surface area (Å²) in [5.41, 5.74) is 2.91. The third-order valence-electron chi connectivity index (χ3n) is 5.33. The summed E-state index contributed by atoms with van der Waals surface area (Å²) in [5.74, 6) is -0.132. The highest BCUT2D eigenvalue weighted by molar-refractivity contribution is 5.95. The normalized spacial score (nSPS) is 15.8. The van der Waals surface area contributed by atoms with Crippen LogP contribution in [0.5, 0.6) is 0 Å². The molecule has 3 N–H and O–H groups in total. The first-order valence-corrected chi connectivity index (χ1v) is 9.90. The lowest BCUT2D eigenvalue weighted by atomic mass is 9.97. The average molecular weight is 361 g/mol. The Morgan fingerprint density at radius 1 is 1.08 bits per heavy atom. The van der Waals surface area contributed by atoms with Crippen LogP contribution in [-0.2, 0) is 9.59 Å². The molecule has 1 saturated carbocycles. The second kappa shape index (κ2) is 10.3. The standard InChI is InChI=1S/C21H33N3O2/c1-16-10-9-11-17(2)21(16)23-19(25)15-24(3)20(26)14-22-18-12-7-5-4-6-8-13-18/h9-11,18,22H,4-8,12-15H2,1-3H3,(H,23,25)/p+1. The van der Waals surface area contributed by atoms with Crippen molar-refractivity contribution in [1.29, 1.82) is 0 Å². The van der Waals surface area contributed by atoms with E-state index in [1.807, 2.05) is 32.0 Å². The first-order chi connectivity index (χ1) is 12.5. The van der Waals surface area contributed by atoms with Crippen molar-refractivity contribution < 1.29 is 14.9 Å². The molecule has 1 aliphatic carbocycles. The van der Waals surface area contributed by atoms with E-state index >= 15 is 0 Å². The number of amides is 2. The third-order valence-corrected chi connectivity index (χ3v) is 5.33. The monoisotopic (exact) mass is 360 g/mol. The van der Waals surface area contributed by atoms with Crippen LogP contribution in [0.2, 0.25) is 0 Å². The number of likely N-dealkylation sites (N-methyl/N-ethyl adjacent to an activating group) is 1. The number of para-hydroxylation sites is 1. The van der Waals surface area contributed by atoms with E-state index in [-0.39, 0.29) is 18.4 Å². The summed E-state index contributed by atoms with van der Waals surface area (Å²) >= 11 is 0. The largest absolute Gasteiger partial charge is 0.336 e. The van der Waals surface area contributed by atoms with E-state index in [1.54, 1.807) is 7.05 Å². The zero-order valence-electron chi connectivity index (χ0n) is 16.5. The highest BCUT2D eigenvalue weighted by Gasteiger charge is 2.19. The number of nitrogens with two attached hydrogens (primary N) is 1. The van der Waals surface area contributed by atoms with Gasteiger partial charge >= 0.3 is 0 Å². The van der Waals surface area contributed by atoms with Crippen molar-refractivity contribution in [2.75, 3.05) is 25.5 Å². The second-order valence-corrected chi connectivity index (χ2v) is 7.61. The van der Waals surface area contributed by atoms with Crippen molar-refractivity contribution in [2.45, 2.75) is 64.8 Å². The molecule has 1 aromatic rings. The molecule has 0 bridgehead atoms. The van der Waals surface area contributed by atoms with Gasteiger partial charge in [-0.3, -0.25) is 9.59 Å². The lowest BCUT2D eigenvalue weighted by Crippen LogP contribution is -2.92. The molecule has 5 nitrogen and oxygen atoms in total. The van der Waals surface area contributed by atoms with Crippen LogP contribution in [0, 0.1) is 13.8 Å². The predicted octanol–water partition coefficient (Wildman–Crippen LogP) is 2.38. The maximum Gasteiger partial charge on any atom is 0.277 e. The van der Waals surface area contributed by atoms with E-state index in [0.29, 0.717) is 12.6 Å². The predicted molar refractivity (Wildman–Crippen MR) is 105 cm³/mol. The molecule has 0 aliphatic heterocycles. The summed E-state index contributed by atoms with van der Waals surface area (Å²) in [7, 11) is 1.71. The Labute approximate surface area is 157 Å². The molecule has 2 amide bonds. The number of anilines is 1. The minimum atomic E-state index is -0.149. The van der Waals surface area contributed by atoms with Gasteiger partial charge in [0, 0.05) is 12.7 Å². The van der Waals surface area contributed by atoms with E-state index in [1.165, 1.54) is 49.8 Å². The summed E-state index contributed by atoms with van der Waals surface area (Å²) < 4.78 is 0.